The topological polar surface area (TPSA) is 72.2 Å². The second kappa shape index (κ2) is 7.65. The van der Waals surface area contributed by atoms with E-state index >= 15 is 0 Å². The van der Waals surface area contributed by atoms with E-state index in [0.717, 1.165) is 27.0 Å². The maximum absolute atomic E-state index is 9.97. The highest BCUT2D eigenvalue weighted by Gasteiger charge is 2.13. The third kappa shape index (κ3) is 3.36. The highest BCUT2D eigenvalue weighted by atomic mass is 79.9. The first-order valence-corrected chi connectivity index (χ1v) is 10.0. The van der Waals surface area contributed by atoms with Gasteiger partial charge in [0.1, 0.15) is 11.3 Å². The van der Waals surface area contributed by atoms with Crippen LogP contribution in [0.4, 0.5) is 0 Å². The van der Waals surface area contributed by atoms with E-state index in [9.17, 15) is 5.11 Å². The van der Waals surface area contributed by atoms with Crippen molar-refractivity contribution in [3.05, 3.63) is 62.7 Å². The second-order valence-electron chi connectivity index (χ2n) is 5.89. The Hall–Kier alpha value is -2.84. The summed E-state index contributed by atoms with van der Waals surface area (Å²) in [5, 5.41) is 17.6. The van der Waals surface area contributed by atoms with Crippen molar-refractivity contribution in [2.75, 3.05) is 14.2 Å². The Morgan fingerprint density at radius 2 is 2.07 bits per heavy atom. The second-order valence-corrected chi connectivity index (χ2v) is 7.58. The molecule has 0 saturated carbocycles. The van der Waals surface area contributed by atoms with Gasteiger partial charge in [-0.1, -0.05) is 18.2 Å². The summed E-state index contributed by atoms with van der Waals surface area (Å²) in [6, 6.07) is 13.3. The zero-order valence-corrected chi connectivity index (χ0v) is 17.5. The fraction of sp³-hybridized carbons (Fsp3) is 0.100. The average Bonchev–Trinajstić information content (AvgIpc) is 3.31. The van der Waals surface area contributed by atoms with Crippen LogP contribution in [-0.2, 0) is 0 Å². The number of hydrogen-bond donors (Lipinski definition) is 1. The number of furan rings is 1. The van der Waals surface area contributed by atoms with Crippen molar-refractivity contribution in [3.63, 3.8) is 0 Å². The Morgan fingerprint density at radius 1 is 1.25 bits per heavy atom. The van der Waals surface area contributed by atoms with E-state index < -0.39 is 0 Å². The van der Waals surface area contributed by atoms with Crippen LogP contribution in [0.25, 0.3) is 22.4 Å². The number of nitrogens with zero attached hydrogens (tertiary/aromatic N) is 3. The van der Waals surface area contributed by atoms with Crippen molar-refractivity contribution in [2.45, 2.75) is 0 Å². The molecule has 0 bridgehead atoms. The number of thiazole rings is 1. The van der Waals surface area contributed by atoms with Crippen molar-refractivity contribution < 1.29 is 14.3 Å². The molecule has 0 aliphatic carbocycles. The van der Waals surface area contributed by atoms with Gasteiger partial charge in [0.2, 0.25) is 4.80 Å². The van der Waals surface area contributed by atoms with Crippen LogP contribution < -0.4 is 9.54 Å². The molecule has 1 N–H and O–H groups in total. The van der Waals surface area contributed by atoms with Crippen LogP contribution in [0.5, 0.6) is 11.5 Å². The molecule has 2 heterocycles. The predicted molar refractivity (Wildman–Crippen MR) is 114 cm³/mol. The Balaban J connectivity index is 1.79. The summed E-state index contributed by atoms with van der Waals surface area (Å²) in [5.41, 5.74) is 2.39. The number of methoxy groups -OCH3 is 1. The van der Waals surface area contributed by atoms with Crippen molar-refractivity contribution in [1.29, 1.82) is 0 Å². The summed E-state index contributed by atoms with van der Waals surface area (Å²) in [7, 11) is 3.23. The van der Waals surface area contributed by atoms with Crippen LogP contribution in [0.2, 0.25) is 0 Å². The number of phenolic OH excluding ortho intramolecular Hbond substituents is 1. The highest BCUT2D eigenvalue weighted by molar-refractivity contribution is 9.10. The lowest BCUT2D eigenvalue weighted by atomic mass is 10.2. The quantitative estimate of drug-likeness (QED) is 0.445. The fourth-order valence-corrected chi connectivity index (χ4v) is 4.03. The molecule has 4 aromatic rings. The number of aromatic nitrogens is 1. The number of hydrogen-bond acceptors (Lipinski definition) is 6. The molecule has 0 aliphatic heterocycles. The van der Waals surface area contributed by atoms with Gasteiger partial charge in [0.15, 0.2) is 17.3 Å². The molecule has 0 radical (unpaired) electrons. The molecule has 0 spiro atoms. The van der Waals surface area contributed by atoms with Gasteiger partial charge >= 0.3 is 0 Å². The third-order valence-electron chi connectivity index (χ3n) is 4.15. The molecule has 8 heteroatoms. The van der Waals surface area contributed by atoms with Gasteiger partial charge in [0.05, 0.1) is 17.8 Å². The van der Waals surface area contributed by atoms with E-state index in [1.165, 1.54) is 18.4 Å². The monoisotopic (exact) mass is 457 g/mol. The summed E-state index contributed by atoms with van der Waals surface area (Å²) in [4.78, 5) is 5.03. The Labute approximate surface area is 173 Å². The first kappa shape index (κ1) is 18.5. The Kier molecular flexibility index (Phi) is 5.06. The first-order chi connectivity index (χ1) is 13.6. The van der Waals surface area contributed by atoms with Crippen molar-refractivity contribution >= 4 is 44.5 Å². The van der Waals surface area contributed by atoms with E-state index in [2.05, 4.69) is 26.0 Å². The Bertz CT molecular complexity index is 1220. The van der Waals surface area contributed by atoms with Gasteiger partial charge in [-0.05, 0) is 45.8 Å². The number of aromatic hydroxyl groups is 1. The van der Waals surface area contributed by atoms with Crippen LogP contribution >= 0.6 is 27.3 Å². The molecule has 6 nitrogen and oxygen atoms in total. The van der Waals surface area contributed by atoms with E-state index in [1.54, 1.807) is 30.1 Å². The SMILES string of the molecule is CN=c1scc(-c2cc3ccccc3o2)n1N=Cc1cc(Br)c(O)c(OC)c1. The van der Waals surface area contributed by atoms with E-state index in [0.29, 0.717) is 16.0 Å². The minimum atomic E-state index is 0.0510. The molecule has 0 unspecified atom stereocenters. The van der Waals surface area contributed by atoms with Crippen LogP contribution in [0.15, 0.2) is 66.8 Å². The largest absolute Gasteiger partial charge is 0.503 e. The minimum Gasteiger partial charge on any atom is -0.503 e. The molecule has 0 aliphatic rings. The number of halogens is 1. The molecule has 28 heavy (non-hydrogen) atoms. The normalized spacial score (nSPS) is 12.3. The molecule has 142 valence electrons. The average molecular weight is 458 g/mol. The van der Waals surface area contributed by atoms with Crippen LogP contribution in [0.1, 0.15) is 5.56 Å². The molecule has 0 atom stereocenters. The van der Waals surface area contributed by atoms with E-state index in [4.69, 9.17) is 9.15 Å². The molecule has 0 amide bonds. The maximum atomic E-state index is 9.97. The summed E-state index contributed by atoms with van der Waals surface area (Å²) < 4.78 is 13.4. The van der Waals surface area contributed by atoms with E-state index in [-0.39, 0.29) is 5.75 Å². The van der Waals surface area contributed by atoms with Gasteiger partial charge < -0.3 is 14.3 Å². The number of ether oxygens (including phenoxy) is 1. The zero-order chi connectivity index (χ0) is 19.7. The molecular formula is C20H16BrN3O3S. The first-order valence-electron chi connectivity index (χ1n) is 8.34. The number of para-hydroxylation sites is 1. The lowest BCUT2D eigenvalue weighted by molar-refractivity contribution is 0.372. The lowest BCUT2D eigenvalue weighted by Crippen LogP contribution is -2.11. The van der Waals surface area contributed by atoms with Crippen molar-refractivity contribution in [2.24, 2.45) is 10.1 Å². The van der Waals surface area contributed by atoms with Gasteiger partial charge in [0.25, 0.3) is 0 Å². The number of benzene rings is 2. The number of phenols is 1. The Morgan fingerprint density at radius 3 is 2.82 bits per heavy atom. The molecule has 4 rings (SSSR count). The van der Waals surface area contributed by atoms with Gasteiger partial charge in [-0.3, -0.25) is 4.99 Å². The summed E-state index contributed by atoms with van der Waals surface area (Å²) in [6.45, 7) is 0. The lowest BCUT2D eigenvalue weighted by Gasteiger charge is -2.06. The summed E-state index contributed by atoms with van der Waals surface area (Å²) >= 11 is 4.80. The molecule has 2 aromatic carbocycles. The van der Waals surface area contributed by atoms with Gasteiger partial charge in [-0.2, -0.15) is 5.10 Å². The molecule has 2 aromatic heterocycles. The zero-order valence-electron chi connectivity index (χ0n) is 15.1. The van der Waals surface area contributed by atoms with Crippen LogP contribution in [0.3, 0.4) is 0 Å². The van der Waals surface area contributed by atoms with Crippen molar-refractivity contribution in [3.8, 4) is 23.0 Å². The van der Waals surface area contributed by atoms with Crippen molar-refractivity contribution in [1.82, 2.24) is 4.68 Å². The molecular weight excluding hydrogens is 442 g/mol. The summed E-state index contributed by atoms with van der Waals surface area (Å²) in [5.74, 6) is 1.13. The smallest absolute Gasteiger partial charge is 0.206 e. The van der Waals surface area contributed by atoms with Crippen LogP contribution in [-0.4, -0.2) is 30.2 Å². The van der Waals surface area contributed by atoms with Gasteiger partial charge in [-0.15, -0.1) is 11.3 Å². The summed E-state index contributed by atoms with van der Waals surface area (Å²) in [6.07, 6.45) is 1.68. The van der Waals surface area contributed by atoms with Gasteiger partial charge in [-0.25, -0.2) is 4.68 Å². The molecule has 0 saturated heterocycles. The molecule has 0 fully saturated rings. The standard InChI is InChI=1S/C20H16BrN3O3S/c1-22-20-24(23-10-12-7-14(21)19(25)18(8-12)26-2)15(11-28-20)17-9-13-5-3-4-6-16(13)27-17/h3-11,25H,1-2H3. The maximum Gasteiger partial charge on any atom is 0.206 e. The van der Waals surface area contributed by atoms with Gasteiger partial charge in [0, 0.05) is 17.8 Å². The number of rotatable bonds is 4. The number of fused-ring (bicyclic) bond motifs is 1. The third-order valence-corrected chi connectivity index (χ3v) is 5.66. The fourth-order valence-electron chi connectivity index (χ4n) is 2.79. The van der Waals surface area contributed by atoms with E-state index in [1.807, 2.05) is 35.7 Å². The minimum absolute atomic E-state index is 0.0510. The highest BCUT2D eigenvalue weighted by Crippen LogP contribution is 2.34. The van der Waals surface area contributed by atoms with Crippen LogP contribution in [0, 0.1) is 0 Å². The predicted octanol–water partition coefficient (Wildman–Crippen LogP) is 4.85.